The van der Waals surface area contributed by atoms with Gasteiger partial charge in [-0.25, -0.2) is 0 Å². The van der Waals surface area contributed by atoms with Crippen LogP contribution in [0.4, 0.5) is 0 Å². The summed E-state index contributed by atoms with van der Waals surface area (Å²) in [5, 5.41) is 3.40. The van der Waals surface area contributed by atoms with E-state index in [1.54, 1.807) is 0 Å². The number of nitrogens with zero attached hydrogens (tertiary/aromatic N) is 1. The molecule has 0 bridgehead atoms. The van der Waals surface area contributed by atoms with E-state index in [2.05, 4.69) is 23.2 Å². The first-order valence-electron chi connectivity index (χ1n) is 4.69. The maximum absolute atomic E-state index is 5.21. The first-order chi connectivity index (χ1) is 5.84. The lowest BCUT2D eigenvalue weighted by molar-refractivity contribution is 0.207. The first kappa shape index (κ1) is 9.57. The average Bonchev–Trinajstić information content (AvgIpc) is 2.15. The van der Waals surface area contributed by atoms with E-state index in [0.29, 0.717) is 6.04 Å². The van der Waals surface area contributed by atoms with Crippen LogP contribution in [0.5, 0.6) is 0 Å². The summed E-state index contributed by atoms with van der Waals surface area (Å²) in [5.74, 6) is 2.68. The van der Waals surface area contributed by atoms with Gasteiger partial charge in [-0.3, -0.25) is 0 Å². The first-order valence-corrected chi connectivity index (χ1v) is 4.69. The minimum absolute atomic E-state index is 0.701. The van der Waals surface area contributed by atoms with Crippen LogP contribution in [-0.4, -0.2) is 37.6 Å². The Morgan fingerprint density at radius 3 is 3.08 bits per heavy atom. The molecule has 0 spiro atoms. The lowest BCUT2D eigenvalue weighted by atomic mass is 10.1. The van der Waals surface area contributed by atoms with Crippen LogP contribution in [-0.2, 0) is 0 Å². The molecule has 0 aromatic carbocycles. The van der Waals surface area contributed by atoms with Crippen molar-refractivity contribution in [3.05, 3.63) is 0 Å². The minimum Gasteiger partial charge on any atom is -0.315 e. The quantitative estimate of drug-likeness (QED) is 0.621. The molecule has 1 fully saturated rings. The Morgan fingerprint density at radius 2 is 2.50 bits per heavy atom. The van der Waals surface area contributed by atoms with E-state index >= 15 is 0 Å². The van der Waals surface area contributed by atoms with Gasteiger partial charge in [0, 0.05) is 25.6 Å². The summed E-state index contributed by atoms with van der Waals surface area (Å²) in [6, 6.07) is 0.701. The maximum atomic E-state index is 5.21. The largest absolute Gasteiger partial charge is 0.315 e. The maximum Gasteiger partial charge on any atom is 0.0218 e. The van der Waals surface area contributed by atoms with Crippen LogP contribution >= 0.6 is 0 Å². The Morgan fingerprint density at radius 1 is 1.67 bits per heavy atom. The molecule has 0 aliphatic carbocycles. The molecule has 12 heavy (non-hydrogen) atoms. The van der Waals surface area contributed by atoms with E-state index in [1.807, 2.05) is 0 Å². The van der Waals surface area contributed by atoms with Gasteiger partial charge in [0.1, 0.15) is 0 Å². The van der Waals surface area contributed by atoms with Crippen molar-refractivity contribution in [2.75, 3.05) is 26.7 Å². The molecule has 2 nitrogen and oxygen atoms in total. The van der Waals surface area contributed by atoms with E-state index in [4.69, 9.17) is 6.42 Å². The molecule has 0 amide bonds. The Hall–Kier alpha value is -0.520. The molecule has 1 N–H and O–H groups in total. The summed E-state index contributed by atoms with van der Waals surface area (Å²) >= 11 is 0. The fraction of sp³-hybridized carbons (Fsp3) is 0.800. The number of hydrogen-bond acceptors (Lipinski definition) is 2. The van der Waals surface area contributed by atoms with Crippen molar-refractivity contribution in [3.63, 3.8) is 0 Å². The number of likely N-dealkylation sites (N-methyl/N-ethyl adjacent to an activating group) is 1. The highest BCUT2D eigenvalue weighted by Crippen LogP contribution is 2.08. The Kier molecular flexibility index (Phi) is 4.13. The van der Waals surface area contributed by atoms with Gasteiger partial charge < -0.3 is 10.2 Å². The van der Waals surface area contributed by atoms with Crippen molar-refractivity contribution in [3.8, 4) is 12.3 Å². The predicted octanol–water partition coefficient (Wildman–Crippen LogP) is 0.694. The highest BCUT2D eigenvalue weighted by atomic mass is 15.1. The average molecular weight is 166 g/mol. The zero-order valence-electron chi connectivity index (χ0n) is 7.84. The normalized spacial score (nSPS) is 23.9. The number of hydrogen-bond donors (Lipinski definition) is 1. The fourth-order valence-corrected chi connectivity index (χ4v) is 1.63. The lowest BCUT2D eigenvalue weighted by Gasteiger charge is -2.31. The second-order valence-corrected chi connectivity index (χ2v) is 3.43. The Bertz CT molecular complexity index is 154. The standard InChI is InChI=1S/C10H18N2/c1-3-4-8-12(2)10-6-5-7-11-9-10/h1,10-11H,4-9H2,2H3. The highest BCUT2D eigenvalue weighted by Gasteiger charge is 2.16. The van der Waals surface area contributed by atoms with Gasteiger partial charge in [-0.05, 0) is 26.4 Å². The summed E-state index contributed by atoms with van der Waals surface area (Å²) < 4.78 is 0. The zero-order chi connectivity index (χ0) is 8.81. The molecule has 1 unspecified atom stereocenters. The third kappa shape index (κ3) is 2.84. The van der Waals surface area contributed by atoms with Crippen molar-refractivity contribution in [2.45, 2.75) is 25.3 Å². The molecule has 0 aromatic rings. The van der Waals surface area contributed by atoms with Crippen LogP contribution in [0.3, 0.4) is 0 Å². The van der Waals surface area contributed by atoms with Gasteiger partial charge in [0.15, 0.2) is 0 Å². The zero-order valence-corrected chi connectivity index (χ0v) is 7.84. The van der Waals surface area contributed by atoms with E-state index in [9.17, 15) is 0 Å². The van der Waals surface area contributed by atoms with Gasteiger partial charge in [-0.1, -0.05) is 0 Å². The van der Waals surface area contributed by atoms with Crippen molar-refractivity contribution < 1.29 is 0 Å². The van der Waals surface area contributed by atoms with Crippen molar-refractivity contribution in [1.29, 1.82) is 0 Å². The van der Waals surface area contributed by atoms with Gasteiger partial charge in [0.05, 0.1) is 0 Å². The molecule has 1 heterocycles. The second kappa shape index (κ2) is 5.18. The van der Waals surface area contributed by atoms with Crippen LogP contribution in [0.2, 0.25) is 0 Å². The van der Waals surface area contributed by atoms with Crippen LogP contribution in [0.15, 0.2) is 0 Å². The van der Waals surface area contributed by atoms with Gasteiger partial charge in [0.25, 0.3) is 0 Å². The third-order valence-electron chi connectivity index (χ3n) is 2.50. The van der Waals surface area contributed by atoms with Gasteiger partial charge in [-0.2, -0.15) is 0 Å². The molecule has 1 rings (SSSR count). The summed E-state index contributed by atoms with van der Waals surface area (Å²) in [7, 11) is 2.16. The van der Waals surface area contributed by atoms with Crippen LogP contribution in [0, 0.1) is 12.3 Å². The van der Waals surface area contributed by atoms with Crippen LogP contribution in [0.25, 0.3) is 0 Å². The molecule has 1 saturated heterocycles. The molecule has 0 saturated carbocycles. The molecule has 1 aliphatic heterocycles. The van der Waals surface area contributed by atoms with Crippen LogP contribution < -0.4 is 5.32 Å². The predicted molar refractivity (Wildman–Crippen MR) is 52.0 cm³/mol. The molecule has 2 heteroatoms. The topological polar surface area (TPSA) is 15.3 Å². The van der Waals surface area contributed by atoms with E-state index in [-0.39, 0.29) is 0 Å². The Labute approximate surface area is 75.3 Å². The smallest absolute Gasteiger partial charge is 0.0218 e. The minimum atomic E-state index is 0.701. The second-order valence-electron chi connectivity index (χ2n) is 3.43. The van der Waals surface area contributed by atoms with E-state index in [1.165, 1.54) is 19.4 Å². The number of piperidine rings is 1. The van der Waals surface area contributed by atoms with E-state index < -0.39 is 0 Å². The summed E-state index contributed by atoms with van der Waals surface area (Å²) in [4.78, 5) is 2.37. The third-order valence-corrected chi connectivity index (χ3v) is 2.50. The number of nitrogens with one attached hydrogen (secondary N) is 1. The molecule has 0 radical (unpaired) electrons. The molecular weight excluding hydrogens is 148 g/mol. The van der Waals surface area contributed by atoms with Crippen molar-refractivity contribution in [1.82, 2.24) is 10.2 Å². The molecule has 68 valence electrons. The molecule has 0 aromatic heterocycles. The molecule has 1 aliphatic rings. The highest BCUT2D eigenvalue weighted by molar-refractivity contribution is 4.86. The van der Waals surface area contributed by atoms with Gasteiger partial charge >= 0.3 is 0 Å². The summed E-state index contributed by atoms with van der Waals surface area (Å²) in [6.45, 7) is 3.34. The lowest BCUT2D eigenvalue weighted by Crippen LogP contribution is -2.44. The Balaban J connectivity index is 2.21. The van der Waals surface area contributed by atoms with Gasteiger partial charge in [0.2, 0.25) is 0 Å². The summed E-state index contributed by atoms with van der Waals surface area (Å²) in [5.41, 5.74) is 0. The number of terminal acetylenes is 1. The van der Waals surface area contributed by atoms with Crippen molar-refractivity contribution >= 4 is 0 Å². The molecular formula is C10H18N2. The van der Waals surface area contributed by atoms with Gasteiger partial charge in [-0.15, -0.1) is 12.3 Å². The number of rotatable bonds is 3. The van der Waals surface area contributed by atoms with E-state index in [0.717, 1.165) is 19.5 Å². The van der Waals surface area contributed by atoms with Crippen molar-refractivity contribution in [2.24, 2.45) is 0 Å². The van der Waals surface area contributed by atoms with Crippen LogP contribution in [0.1, 0.15) is 19.3 Å². The monoisotopic (exact) mass is 166 g/mol. The fourth-order valence-electron chi connectivity index (χ4n) is 1.63. The summed E-state index contributed by atoms with van der Waals surface area (Å²) in [6.07, 6.45) is 8.69. The SMILES string of the molecule is C#CCCN(C)C1CCCNC1. The molecule has 1 atom stereocenters.